The van der Waals surface area contributed by atoms with Crippen LogP contribution in [0.1, 0.15) is 13.8 Å². The zero-order valence-electron chi connectivity index (χ0n) is 10.6. The third kappa shape index (κ3) is 4.63. The van der Waals surface area contributed by atoms with E-state index in [9.17, 15) is 4.79 Å². The van der Waals surface area contributed by atoms with Gasteiger partial charge >= 0.3 is 5.97 Å². The summed E-state index contributed by atoms with van der Waals surface area (Å²) < 4.78 is 15.9. The average Bonchev–Trinajstić information content (AvgIpc) is 2.36. The van der Waals surface area contributed by atoms with Crippen LogP contribution >= 0.6 is 0 Å². The van der Waals surface area contributed by atoms with Crippen molar-refractivity contribution in [1.82, 2.24) is 0 Å². The van der Waals surface area contributed by atoms with E-state index in [0.717, 1.165) is 0 Å². The summed E-state index contributed by atoms with van der Waals surface area (Å²) >= 11 is 0. The van der Waals surface area contributed by atoms with Crippen LogP contribution in [0.25, 0.3) is 0 Å². The lowest BCUT2D eigenvalue weighted by molar-refractivity contribution is -0.149. The summed E-state index contributed by atoms with van der Waals surface area (Å²) in [6.45, 7) is 4.44. The molecule has 0 bridgehead atoms. The zero-order valence-corrected chi connectivity index (χ0v) is 10.6. The SMILES string of the molecule is CCOc1ccccc1OCCO[C@@H](C)C(=O)O. The summed E-state index contributed by atoms with van der Waals surface area (Å²) in [6, 6.07) is 7.32. The Morgan fingerprint density at radius 3 is 2.39 bits per heavy atom. The van der Waals surface area contributed by atoms with E-state index in [1.165, 1.54) is 6.92 Å². The monoisotopic (exact) mass is 254 g/mol. The van der Waals surface area contributed by atoms with Gasteiger partial charge in [0.1, 0.15) is 6.61 Å². The van der Waals surface area contributed by atoms with Crippen molar-refractivity contribution in [3.63, 3.8) is 0 Å². The van der Waals surface area contributed by atoms with E-state index in [4.69, 9.17) is 19.3 Å². The van der Waals surface area contributed by atoms with E-state index < -0.39 is 12.1 Å². The molecule has 100 valence electrons. The Labute approximate surface area is 106 Å². The average molecular weight is 254 g/mol. The van der Waals surface area contributed by atoms with E-state index >= 15 is 0 Å². The topological polar surface area (TPSA) is 65.0 Å². The molecule has 5 nitrogen and oxygen atoms in total. The number of carboxylic acids is 1. The molecule has 5 heteroatoms. The standard InChI is InChI=1S/C13H18O5/c1-3-16-11-6-4-5-7-12(11)18-9-8-17-10(2)13(14)15/h4-7,10H,3,8-9H2,1-2H3,(H,14,15)/t10-/m0/s1. The first-order valence-electron chi connectivity index (χ1n) is 5.84. The van der Waals surface area contributed by atoms with Crippen molar-refractivity contribution in [3.05, 3.63) is 24.3 Å². The van der Waals surface area contributed by atoms with Gasteiger partial charge in [-0.15, -0.1) is 0 Å². The predicted octanol–water partition coefficient (Wildman–Crippen LogP) is 1.95. The highest BCUT2D eigenvalue weighted by atomic mass is 16.6. The lowest BCUT2D eigenvalue weighted by atomic mass is 10.3. The Kier molecular flexibility index (Phi) is 6.00. The van der Waals surface area contributed by atoms with Crippen LogP contribution in [0.3, 0.4) is 0 Å². The smallest absolute Gasteiger partial charge is 0.332 e. The van der Waals surface area contributed by atoms with Crippen molar-refractivity contribution >= 4 is 5.97 Å². The number of hydrogen-bond acceptors (Lipinski definition) is 4. The molecular formula is C13H18O5. The molecule has 0 aliphatic carbocycles. The molecule has 0 spiro atoms. The molecule has 0 aromatic heterocycles. The van der Waals surface area contributed by atoms with Gasteiger partial charge < -0.3 is 19.3 Å². The van der Waals surface area contributed by atoms with Crippen molar-refractivity contribution in [3.8, 4) is 11.5 Å². The highest BCUT2D eigenvalue weighted by molar-refractivity contribution is 5.71. The summed E-state index contributed by atoms with van der Waals surface area (Å²) in [5.41, 5.74) is 0. The quantitative estimate of drug-likeness (QED) is 0.718. The number of benzene rings is 1. The molecule has 0 amide bonds. The van der Waals surface area contributed by atoms with E-state index in [1.54, 1.807) is 6.07 Å². The normalized spacial score (nSPS) is 11.9. The second-order valence-electron chi connectivity index (χ2n) is 3.58. The minimum atomic E-state index is -0.982. The third-order valence-electron chi connectivity index (χ3n) is 2.21. The lowest BCUT2D eigenvalue weighted by Crippen LogP contribution is -2.22. The van der Waals surface area contributed by atoms with Crippen LogP contribution in [-0.2, 0) is 9.53 Å². The molecule has 18 heavy (non-hydrogen) atoms. The van der Waals surface area contributed by atoms with Gasteiger partial charge in [-0.25, -0.2) is 4.79 Å². The van der Waals surface area contributed by atoms with Crippen LogP contribution in [0.2, 0.25) is 0 Å². The Hall–Kier alpha value is -1.75. The number of carboxylic acid groups (broad SMARTS) is 1. The zero-order chi connectivity index (χ0) is 13.4. The fraction of sp³-hybridized carbons (Fsp3) is 0.462. The maximum Gasteiger partial charge on any atom is 0.332 e. The van der Waals surface area contributed by atoms with Gasteiger partial charge in [0.15, 0.2) is 17.6 Å². The van der Waals surface area contributed by atoms with Gasteiger partial charge in [0, 0.05) is 0 Å². The summed E-state index contributed by atoms with van der Waals surface area (Å²) in [5.74, 6) is 0.321. The largest absolute Gasteiger partial charge is 0.490 e. The van der Waals surface area contributed by atoms with Crippen LogP contribution in [-0.4, -0.2) is 37.0 Å². The minimum Gasteiger partial charge on any atom is -0.490 e. The van der Waals surface area contributed by atoms with Crippen molar-refractivity contribution in [2.75, 3.05) is 19.8 Å². The summed E-state index contributed by atoms with van der Waals surface area (Å²) in [6.07, 6.45) is -0.823. The summed E-state index contributed by atoms with van der Waals surface area (Å²) in [7, 11) is 0. The van der Waals surface area contributed by atoms with E-state index in [0.29, 0.717) is 18.1 Å². The van der Waals surface area contributed by atoms with Gasteiger partial charge in [0.05, 0.1) is 13.2 Å². The highest BCUT2D eigenvalue weighted by Crippen LogP contribution is 2.26. The maximum absolute atomic E-state index is 10.5. The van der Waals surface area contributed by atoms with Crippen molar-refractivity contribution in [2.24, 2.45) is 0 Å². The molecule has 0 aliphatic rings. The van der Waals surface area contributed by atoms with Gasteiger partial charge in [0.2, 0.25) is 0 Å². The molecular weight excluding hydrogens is 236 g/mol. The van der Waals surface area contributed by atoms with Crippen molar-refractivity contribution in [2.45, 2.75) is 20.0 Å². The van der Waals surface area contributed by atoms with Gasteiger partial charge in [0.25, 0.3) is 0 Å². The van der Waals surface area contributed by atoms with Crippen molar-refractivity contribution < 1.29 is 24.1 Å². The van der Waals surface area contributed by atoms with Crippen LogP contribution < -0.4 is 9.47 Å². The molecule has 0 saturated carbocycles. The molecule has 0 radical (unpaired) electrons. The molecule has 0 heterocycles. The summed E-state index contributed by atoms with van der Waals surface area (Å²) in [5, 5.41) is 8.63. The van der Waals surface area contributed by atoms with Gasteiger partial charge in [-0.3, -0.25) is 0 Å². The third-order valence-corrected chi connectivity index (χ3v) is 2.21. The number of hydrogen-bond donors (Lipinski definition) is 1. The predicted molar refractivity (Wildman–Crippen MR) is 66.2 cm³/mol. The highest BCUT2D eigenvalue weighted by Gasteiger charge is 2.10. The molecule has 1 aromatic rings. The van der Waals surface area contributed by atoms with Crippen LogP contribution in [0.15, 0.2) is 24.3 Å². The Balaban J connectivity index is 2.37. The molecule has 1 atom stereocenters. The van der Waals surface area contributed by atoms with E-state index in [2.05, 4.69) is 0 Å². The number of para-hydroxylation sites is 2. The Bertz CT molecular complexity index is 377. The van der Waals surface area contributed by atoms with Crippen LogP contribution in [0.5, 0.6) is 11.5 Å². The fourth-order valence-corrected chi connectivity index (χ4v) is 1.29. The first kappa shape index (κ1) is 14.3. The molecule has 1 rings (SSSR count). The number of ether oxygens (including phenoxy) is 3. The van der Waals surface area contributed by atoms with Crippen LogP contribution in [0, 0.1) is 0 Å². The fourth-order valence-electron chi connectivity index (χ4n) is 1.29. The first-order valence-corrected chi connectivity index (χ1v) is 5.84. The van der Waals surface area contributed by atoms with Gasteiger partial charge in [-0.2, -0.15) is 0 Å². The number of carbonyl (C=O) groups is 1. The molecule has 0 aliphatic heterocycles. The second kappa shape index (κ2) is 7.55. The number of rotatable bonds is 8. The van der Waals surface area contributed by atoms with E-state index in [1.807, 2.05) is 25.1 Å². The second-order valence-corrected chi connectivity index (χ2v) is 3.58. The van der Waals surface area contributed by atoms with E-state index in [-0.39, 0.29) is 13.2 Å². The Morgan fingerprint density at radius 2 is 1.83 bits per heavy atom. The Morgan fingerprint density at radius 1 is 1.22 bits per heavy atom. The first-order chi connectivity index (χ1) is 8.65. The molecule has 1 N–H and O–H groups in total. The molecule has 0 saturated heterocycles. The molecule has 1 aromatic carbocycles. The van der Waals surface area contributed by atoms with Crippen LogP contribution in [0.4, 0.5) is 0 Å². The maximum atomic E-state index is 10.5. The summed E-state index contributed by atoms with van der Waals surface area (Å²) in [4.78, 5) is 10.5. The number of aliphatic carboxylic acids is 1. The van der Waals surface area contributed by atoms with Gasteiger partial charge in [-0.1, -0.05) is 12.1 Å². The van der Waals surface area contributed by atoms with Gasteiger partial charge in [-0.05, 0) is 26.0 Å². The minimum absolute atomic E-state index is 0.216. The lowest BCUT2D eigenvalue weighted by Gasteiger charge is -2.12. The van der Waals surface area contributed by atoms with Crippen molar-refractivity contribution in [1.29, 1.82) is 0 Å². The molecule has 0 fully saturated rings. The molecule has 0 unspecified atom stereocenters.